The van der Waals surface area contributed by atoms with Crippen LogP contribution in [0.5, 0.6) is 0 Å². The van der Waals surface area contributed by atoms with E-state index in [0.717, 1.165) is 32.1 Å². The molecule has 0 spiro atoms. The van der Waals surface area contributed by atoms with Crippen molar-refractivity contribution in [2.45, 2.75) is 43.0 Å². The van der Waals surface area contributed by atoms with Crippen LogP contribution < -0.4 is 4.72 Å². The van der Waals surface area contributed by atoms with Crippen molar-refractivity contribution in [1.29, 1.82) is 0 Å². The van der Waals surface area contributed by atoms with Crippen molar-refractivity contribution in [3.8, 4) is 0 Å². The van der Waals surface area contributed by atoms with Crippen molar-refractivity contribution in [2.24, 2.45) is 0 Å². The zero-order valence-electron chi connectivity index (χ0n) is 15.5. The molecule has 1 amide bonds. The van der Waals surface area contributed by atoms with Crippen LogP contribution in [-0.2, 0) is 24.3 Å². The molecule has 156 valence electrons. The van der Waals surface area contributed by atoms with Gasteiger partial charge in [-0.1, -0.05) is 35.2 Å². The number of carbonyl (C=O) groups excluding carboxylic acids is 2. The first-order valence-corrected chi connectivity index (χ1v) is 11.4. The maximum atomic E-state index is 12.4. The van der Waals surface area contributed by atoms with Gasteiger partial charge in [0.25, 0.3) is 5.91 Å². The first-order chi connectivity index (χ1) is 13.3. The van der Waals surface area contributed by atoms with Crippen molar-refractivity contribution in [3.63, 3.8) is 0 Å². The van der Waals surface area contributed by atoms with Gasteiger partial charge in [-0.25, -0.2) is 8.42 Å². The monoisotopic (exact) mass is 476 g/mol. The summed E-state index contributed by atoms with van der Waals surface area (Å²) in [5.41, 5.74) is 0. The van der Waals surface area contributed by atoms with Crippen molar-refractivity contribution < 1.29 is 27.9 Å². The van der Waals surface area contributed by atoms with Crippen molar-refractivity contribution in [3.05, 3.63) is 28.7 Å². The molecule has 2 N–H and O–H groups in total. The summed E-state index contributed by atoms with van der Waals surface area (Å²) in [4.78, 5) is 26.0. The molecular formula is C18H25BrN2O6S. The first kappa shape index (κ1) is 22.8. The molecule has 1 atom stereocenters. The van der Waals surface area contributed by atoms with Crippen LogP contribution in [0.4, 0.5) is 0 Å². The minimum atomic E-state index is -4.03. The zero-order chi connectivity index (χ0) is 20.6. The molecule has 1 aliphatic heterocycles. The number of ether oxygens (including phenoxy) is 1. The van der Waals surface area contributed by atoms with Crippen molar-refractivity contribution in [1.82, 2.24) is 9.62 Å². The number of aliphatic hydroxyl groups excluding tert-OH is 1. The fourth-order valence-electron chi connectivity index (χ4n) is 2.85. The van der Waals surface area contributed by atoms with E-state index in [9.17, 15) is 23.1 Å². The third kappa shape index (κ3) is 6.84. The molecule has 1 saturated heterocycles. The normalized spacial score (nSPS) is 16.7. The molecule has 0 saturated carbocycles. The van der Waals surface area contributed by atoms with Gasteiger partial charge >= 0.3 is 5.97 Å². The Morgan fingerprint density at radius 1 is 1.11 bits per heavy atom. The van der Waals surface area contributed by atoms with E-state index in [4.69, 9.17) is 4.74 Å². The van der Waals surface area contributed by atoms with E-state index < -0.39 is 35.2 Å². The summed E-state index contributed by atoms with van der Waals surface area (Å²) in [6.07, 6.45) is 5.10. The SMILES string of the molecule is O=C(OCC(=O)N1CCCCCCC1)C(CO)NS(=O)(=O)c1ccc(Br)cc1. The topological polar surface area (TPSA) is 113 Å². The number of nitrogens with one attached hydrogen (secondary N) is 1. The second kappa shape index (κ2) is 10.9. The Balaban J connectivity index is 1.91. The van der Waals surface area contributed by atoms with Gasteiger partial charge in [-0.3, -0.25) is 9.59 Å². The lowest BCUT2D eigenvalue weighted by molar-refractivity contribution is -0.154. The minimum Gasteiger partial charge on any atom is -0.454 e. The maximum Gasteiger partial charge on any atom is 0.327 e. The molecule has 1 aromatic carbocycles. The van der Waals surface area contributed by atoms with Gasteiger partial charge in [-0.05, 0) is 37.1 Å². The quantitative estimate of drug-likeness (QED) is 0.575. The molecule has 2 rings (SSSR count). The summed E-state index contributed by atoms with van der Waals surface area (Å²) in [6, 6.07) is 4.31. The lowest BCUT2D eigenvalue weighted by Gasteiger charge is -2.25. The van der Waals surface area contributed by atoms with Crippen molar-refractivity contribution >= 4 is 37.8 Å². The molecule has 0 radical (unpaired) electrons. The van der Waals surface area contributed by atoms with Crippen LogP contribution >= 0.6 is 15.9 Å². The van der Waals surface area contributed by atoms with E-state index in [1.165, 1.54) is 12.1 Å². The molecule has 1 aliphatic rings. The van der Waals surface area contributed by atoms with Crippen LogP contribution in [-0.4, -0.2) is 62.6 Å². The molecule has 1 heterocycles. The summed E-state index contributed by atoms with van der Waals surface area (Å²) in [7, 11) is -4.03. The zero-order valence-corrected chi connectivity index (χ0v) is 17.9. The smallest absolute Gasteiger partial charge is 0.327 e. The van der Waals surface area contributed by atoms with Crippen LogP contribution in [0.15, 0.2) is 33.6 Å². The molecular weight excluding hydrogens is 452 g/mol. The number of halogens is 1. The second-order valence-corrected chi connectivity index (χ2v) is 9.20. The Morgan fingerprint density at radius 3 is 2.25 bits per heavy atom. The molecule has 1 fully saturated rings. The van der Waals surface area contributed by atoms with Crippen molar-refractivity contribution in [2.75, 3.05) is 26.3 Å². The van der Waals surface area contributed by atoms with Gasteiger partial charge in [0.15, 0.2) is 6.61 Å². The molecule has 1 unspecified atom stereocenters. The van der Waals surface area contributed by atoms with Gasteiger partial charge in [0.2, 0.25) is 10.0 Å². The fraction of sp³-hybridized carbons (Fsp3) is 0.556. The standard InChI is InChI=1S/C18H25BrN2O6S/c19-14-6-8-15(9-7-14)28(25,26)20-16(12-22)18(24)27-13-17(23)21-10-4-2-1-3-5-11-21/h6-9,16,20,22H,1-5,10-13H2. The van der Waals surface area contributed by atoms with Gasteiger partial charge in [-0.15, -0.1) is 0 Å². The highest BCUT2D eigenvalue weighted by molar-refractivity contribution is 9.10. The molecule has 0 aromatic heterocycles. The van der Waals surface area contributed by atoms with Gasteiger partial charge in [-0.2, -0.15) is 4.72 Å². The lowest BCUT2D eigenvalue weighted by Crippen LogP contribution is -2.45. The number of aliphatic hydroxyl groups is 1. The summed E-state index contributed by atoms with van der Waals surface area (Å²) in [5, 5.41) is 9.40. The summed E-state index contributed by atoms with van der Waals surface area (Å²) >= 11 is 3.21. The summed E-state index contributed by atoms with van der Waals surface area (Å²) in [6.45, 7) is -0.0200. The van der Waals surface area contributed by atoms with E-state index in [2.05, 4.69) is 20.7 Å². The van der Waals surface area contributed by atoms with Crippen LogP contribution in [0.2, 0.25) is 0 Å². The Bertz CT molecular complexity index is 761. The highest BCUT2D eigenvalue weighted by Crippen LogP contribution is 2.15. The highest BCUT2D eigenvalue weighted by Gasteiger charge is 2.27. The summed E-state index contributed by atoms with van der Waals surface area (Å²) in [5.74, 6) is -1.31. The van der Waals surface area contributed by atoms with E-state index in [1.54, 1.807) is 17.0 Å². The molecule has 0 bridgehead atoms. The van der Waals surface area contributed by atoms with Crippen LogP contribution in [0.3, 0.4) is 0 Å². The van der Waals surface area contributed by atoms with Gasteiger partial charge < -0.3 is 14.7 Å². The number of rotatable bonds is 7. The average Bonchev–Trinajstić information content (AvgIpc) is 2.64. The van der Waals surface area contributed by atoms with E-state index in [1.807, 2.05) is 0 Å². The summed E-state index contributed by atoms with van der Waals surface area (Å²) < 4.78 is 32.5. The first-order valence-electron chi connectivity index (χ1n) is 9.16. The minimum absolute atomic E-state index is 0.0568. The number of nitrogens with zero attached hydrogens (tertiary/aromatic N) is 1. The predicted molar refractivity (Wildman–Crippen MR) is 106 cm³/mol. The molecule has 1 aromatic rings. The predicted octanol–water partition coefficient (Wildman–Crippen LogP) is 1.42. The molecule has 10 heteroatoms. The largest absolute Gasteiger partial charge is 0.454 e. The average molecular weight is 477 g/mol. The number of carbonyl (C=O) groups is 2. The Hall–Kier alpha value is -1.49. The number of hydrogen-bond donors (Lipinski definition) is 2. The number of esters is 1. The third-order valence-electron chi connectivity index (χ3n) is 4.44. The van der Waals surface area contributed by atoms with Crippen LogP contribution in [0.25, 0.3) is 0 Å². The Kier molecular flexibility index (Phi) is 8.87. The van der Waals surface area contributed by atoms with Gasteiger partial charge in [0.05, 0.1) is 11.5 Å². The third-order valence-corrected chi connectivity index (χ3v) is 6.45. The van der Waals surface area contributed by atoms with E-state index >= 15 is 0 Å². The van der Waals surface area contributed by atoms with Crippen LogP contribution in [0.1, 0.15) is 32.1 Å². The molecule has 28 heavy (non-hydrogen) atoms. The molecule has 8 nitrogen and oxygen atoms in total. The molecule has 0 aliphatic carbocycles. The Labute approximate surface area is 173 Å². The highest BCUT2D eigenvalue weighted by atomic mass is 79.9. The van der Waals surface area contributed by atoms with E-state index in [-0.39, 0.29) is 10.8 Å². The Morgan fingerprint density at radius 2 is 1.68 bits per heavy atom. The van der Waals surface area contributed by atoms with Gasteiger partial charge in [0, 0.05) is 17.6 Å². The van der Waals surface area contributed by atoms with Crippen LogP contribution in [0, 0.1) is 0 Å². The lowest BCUT2D eigenvalue weighted by atomic mass is 10.1. The number of hydrogen-bond acceptors (Lipinski definition) is 6. The van der Waals surface area contributed by atoms with Gasteiger partial charge in [0.1, 0.15) is 6.04 Å². The number of sulfonamides is 1. The fourth-order valence-corrected chi connectivity index (χ4v) is 4.29. The maximum absolute atomic E-state index is 12.4. The van der Waals surface area contributed by atoms with E-state index in [0.29, 0.717) is 17.6 Å². The number of amides is 1. The number of likely N-dealkylation sites (tertiary alicyclic amines) is 1. The number of benzene rings is 1. The second-order valence-electron chi connectivity index (χ2n) is 6.57.